The minimum absolute atomic E-state index is 0.106. The minimum Gasteiger partial charge on any atom is -0.464 e. The SMILES string of the molecule is CCCCCCCCCCC(O)CN(CCCOC(=O)N[C@@H](CC1=CCCC=C1)C(=O)OCCCN(CC(O)CCCCCCCCCC)CC(CCCCCCCCCC)N=O)CC(CCCCCCCCCC)N=O. The number of nitroso groups, excluding NO2 is 2. The van der Waals surface area contributed by atoms with Crippen LogP contribution in [0.2, 0.25) is 0 Å². The molecule has 0 radical (unpaired) electrons. The van der Waals surface area contributed by atoms with Gasteiger partial charge in [0.25, 0.3) is 0 Å². The molecule has 0 saturated heterocycles. The van der Waals surface area contributed by atoms with Crippen molar-refractivity contribution in [3.05, 3.63) is 33.6 Å². The molecule has 5 atom stereocenters. The van der Waals surface area contributed by atoms with E-state index < -0.39 is 30.3 Å². The van der Waals surface area contributed by atoms with E-state index in [0.29, 0.717) is 65.0 Å². The van der Waals surface area contributed by atoms with Gasteiger partial charge in [0.05, 0.1) is 25.4 Å². The Labute approximate surface area is 472 Å². The van der Waals surface area contributed by atoms with Crippen molar-refractivity contribution in [2.75, 3.05) is 52.5 Å². The Kier molecular flexibility index (Phi) is 50.6. The Balaban J connectivity index is 2.88. The highest BCUT2D eigenvalue weighted by Gasteiger charge is 2.26. The molecule has 0 bridgehead atoms. The lowest BCUT2D eigenvalue weighted by atomic mass is 10.0. The van der Waals surface area contributed by atoms with Crippen molar-refractivity contribution in [3.63, 3.8) is 0 Å². The summed E-state index contributed by atoms with van der Waals surface area (Å²) in [6.07, 6.45) is 48.7. The van der Waals surface area contributed by atoms with Gasteiger partial charge in [-0.2, -0.15) is 9.81 Å². The van der Waals surface area contributed by atoms with Crippen LogP contribution in [0.15, 0.2) is 34.2 Å². The first-order valence-electron chi connectivity index (χ1n) is 32.6. The number of alkyl carbamates (subject to hydrolysis) is 1. The van der Waals surface area contributed by atoms with Gasteiger partial charge in [0.15, 0.2) is 0 Å². The van der Waals surface area contributed by atoms with Crippen molar-refractivity contribution in [2.45, 2.75) is 321 Å². The Morgan fingerprint density at radius 3 is 1.22 bits per heavy atom. The molecule has 0 aromatic carbocycles. The maximum Gasteiger partial charge on any atom is 0.407 e. The molecule has 0 aromatic rings. The summed E-state index contributed by atoms with van der Waals surface area (Å²) in [5, 5.41) is 32.2. The summed E-state index contributed by atoms with van der Waals surface area (Å²) in [6, 6.07) is -1.67. The number of rotatable bonds is 58. The van der Waals surface area contributed by atoms with Gasteiger partial charge in [0.2, 0.25) is 0 Å². The Morgan fingerprint density at radius 2 is 0.857 bits per heavy atom. The Bertz CT molecular complexity index is 1430. The second kappa shape index (κ2) is 53.9. The van der Waals surface area contributed by atoms with Crippen LogP contribution in [0.25, 0.3) is 0 Å². The first-order valence-corrected chi connectivity index (χ1v) is 32.6. The molecule has 3 N–H and O–H groups in total. The molecule has 1 aliphatic rings. The number of hydrogen-bond acceptors (Lipinski definition) is 12. The summed E-state index contributed by atoms with van der Waals surface area (Å²) in [6.45, 7) is 12.0. The van der Waals surface area contributed by atoms with Gasteiger partial charge >= 0.3 is 12.1 Å². The highest BCUT2D eigenvalue weighted by Crippen LogP contribution is 2.20. The minimum atomic E-state index is -0.949. The third-order valence-electron chi connectivity index (χ3n) is 15.5. The lowest BCUT2D eigenvalue weighted by Crippen LogP contribution is -2.43. The molecule has 4 unspecified atom stereocenters. The van der Waals surface area contributed by atoms with Crippen molar-refractivity contribution in [3.8, 4) is 0 Å². The van der Waals surface area contributed by atoms with E-state index in [2.05, 4.69) is 65.3 Å². The van der Waals surface area contributed by atoms with Gasteiger partial charge in [0, 0.05) is 45.7 Å². The number of carbonyl (C=O) groups is 2. The number of amides is 1. The van der Waals surface area contributed by atoms with Gasteiger partial charge in [0.1, 0.15) is 18.1 Å². The molecule has 1 rings (SSSR count). The van der Waals surface area contributed by atoms with E-state index in [1.165, 1.54) is 154 Å². The second-order valence-electron chi connectivity index (χ2n) is 23.1. The topological polar surface area (TPSA) is 170 Å². The largest absolute Gasteiger partial charge is 0.464 e. The molecule has 450 valence electrons. The fourth-order valence-corrected chi connectivity index (χ4v) is 10.7. The molecule has 1 aliphatic carbocycles. The molecule has 77 heavy (non-hydrogen) atoms. The van der Waals surface area contributed by atoms with Crippen LogP contribution < -0.4 is 5.32 Å². The van der Waals surface area contributed by atoms with E-state index in [1.54, 1.807) is 0 Å². The predicted octanol–water partition coefficient (Wildman–Crippen LogP) is 16.8. The molecule has 1 amide bonds. The number of aliphatic hydroxyl groups excluding tert-OH is 2. The van der Waals surface area contributed by atoms with E-state index in [9.17, 15) is 29.6 Å². The zero-order valence-corrected chi connectivity index (χ0v) is 50.4. The van der Waals surface area contributed by atoms with Crippen LogP contribution in [0.3, 0.4) is 0 Å². The number of esters is 1. The van der Waals surface area contributed by atoms with Gasteiger partial charge in [-0.05, 0) is 56.9 Å². The fraction of sp³-hybridized carbons (Fsp3) is 0.906. The van der Waals surface area contributed by atoms with Crippen molar-refractivity contribution < 1.29 is 29.3 Å². The summed E-state index contributed by atoms with van der Waals surface area (Å²) < 4.78 is 11.5. The van der Waals surface area contributed by atoms with Crippen molar-refractivity contribution in [1.82, 2.24) is 15.1 Å². The summed E-state index contributed by atoms with van der Waals surface area (Å²) in [5.41, 5.74) is 0.950. The van der Waals surface area contributed by atoms with Crippen LogP contribution in [0, 0.1) is 9.81 Å². The highest BCUT2D eigenvalue weighted by molar-refractivity contribution is 5.81. The smallest absolute Gasteiger partial charge is 0.407 e. The van der Waals surface area contributed by atoms with Crippen molar-refractivity contribution in [2.24, 2.45) is 10.4 Å². The first kappa shape index (κ1) is 72.3. The van der Waals surface area contributed by atoms with Crippen LogP contribution >= 0.6 is 0 Å². The molecule has 13 nitrogen and oxygen atoms in total. The lowest BCUT2D eigenvalue weighted by molar-refractivity contribution is -0.146. The van der Waals surface area contributed by atoms with Crippen LogP contribution in [-0.4, -0.2) is 115 Å². The molecule has 0 saturated carbocycles. The number of allylic oxidation sites excluding steroid dienone is 3. The lowest BCUT2D eigenvalue weighted by Gasteiger charge is -2.27. The second-order valence-corrected chi connectivity index (χ2v) is 23.1. The standard InChI is InChI=1S/C64H121N5O8/c1-5-9-13-17-21-25-29-36-44-58(66-74)53-68(55-60(70)46-38-31-27-23-19-15-11-7-3)48-40-50-76-63(72)62(52-57-42-34-33-35-43-57)65-64(73)77-51-41-49-69(56-61(71)47-39-32-28-24-20-16-12-8-4)54-59(67-75)45-37-30-26-22-18-14-10-6-2/h34,42-43,58-62,70-71H,5-33,35-41,44-56H2,1-4H3,(H,65,73)/t58?,59?,60?,61?,62-/m0/s1. The highest BCUT2D eigenvalue weighted by atomic mass is 16.6. The van der Waals surface area contributed by atoms with Gasteiger partial charge in [-0.15, -0.1) is 0 Å². The van der Waals surface area contributed by atoms with Crippen LogP contribution in [0.5, 0.6) is 0 Å². The Hall–Kier alpha value is -2.74. The number of nitrogens with one attached hydrogen (secondary N) is 1. The van der Waals surface area contributed by atoms with Gasteiger partial charge in [-0.25, -0.2) is 9.59 Å². The fourth-order valence-electron chi connectivity index (χ4n) is 10.7. The zero-order chi connectivity index (χ0) is 56.1. The van der Waals surface area contributed by atoms with Crippen LogP contribution in [-0.2, 0) is 14.3 Å². The number of hydrogen-bond donors (Lipinski definition) is 3. The number of ether oxygens (including phenoxy) is 2. The van der Waals surface area contributed by atoms with E-state index in [4.69, 9.17) is 9.47 Å². The number of aliphatic hydroxyl groups is 2. The van der Waals surface area contributed by atoms with Gasteiger partial charge in [-0.3, -0.25) is 9.80 Å². The summed E-state index contributed by atoms with van der Waals surface area (Å²) in [4.78, 5) is 55.6. The maximum atomic E-state index is 13.8. The average Bonchev–Trinajstić information content (AvgIpc) is 3.43. The summed E-state index contributed by atoms with van der Waals surface area (Å²) >= 11 is 0. The molecule has 0 aromatic heterocycles. The van der Waals surface area contributed by atoms with Crippen molar-refractivity contribution in [1.29, 1.82) is 0 Å². The molecule has 0 fully saturated rings. The molecule has 0 spiro atoms. The van der Waals surface area contributed by atoms with Crippen molar-refractivity contribution >= 4 is 12.1 Å². The van der Waals surface area contributed by atoms with E-state index in [0.717, 1.165) is 82.6 Å². The van der Waals surface area contributed by atoms with E-state index in [-0.39, 0.29) is 31.7 Å². The summed E-state index contributed by atoms with van der Waals surface area (Å²) in [7, 11) is 0. The maximum absolute atomic E-state index is 13.8. The van der Waals surface area contributed by atoms with Gasteiger partial charge in [-0.1, -0.05) is 262 Å². The molecule has 0 aliphatic heterocycles. The van der Waals surface area contributed by atoms with E-state index >= 15 is 0 Å². The quantitative estimate of drug-likeness (QED) is 0.0303. The predicted molar refractivity (Wildman–Crippen MR) is 323 cm³/mol. The zero-order valence-electron chi connectivity index (χ0n) is 50.4. The Morgan fingerprint density at radius 1 is 0.494 bits per heavy atom. The molecule has 0 heterocycles. The van der Waals surface area contributed by atoms with E-state index in [1.807, 2.05) is 6.08 Å². The monoisotopic (exact) mass is 1090 g/mol. The number of unbranched alkanes of at least 4 members (excludes halogenated alkanes) is 28. The molecule has 13 heteroatoms. The first-order chi connectivity index (χ1) is 37.7. The molecular weight excluding hydrogens is 967 g/mol. The van der Waals surface area contributed by atoms with Crippen LogP contribution in [0.4, 0.5) is 4.79 Å². The average molecular weight is 1090 g/mol. The third-order valence-corrected chi connectivity index (χ3v) is 15.5. The normalized spacial score (nSPS) is 14.6. The number of nitrogens with zero attached hydrogens (tertiary/aromatic N) is 4. The molecular formula is C64H121N5O8. The summed E-state index contributed by atoms with van der Waals surface area (Å²) in [5.74, 6) is -0.536. The van der Waals surface area contributed by atoms with Crippen LogP contribution in [0.1, 0.15) is 291 Å². The number of carbonyl (C=O) groups excluding carboxylic acids is 2. The van der Waals surface area contributed by atoms with Gasteiger partial charge < -0.3 is 25.0 Å². The third kappa shape index (κ3) is 44.7.